The highest BCUT2D eigenvalue weighted by Crippen LogP contribution is 2.08. The predicted octanol–water partition coefficient (Wildman–Crippen LogP) is 2.25. The third kappa shape index (κ3) is 3.13. The molecule has 0 saturated heterocycles. The first-order chi connectivity index (χ1) is 6.70. The molecule has 78 valence electrons. The first kappa shape index (κ1) is 11.2. The molecule has 0 radical (unpaired) electrons. The molecular weight excluding hydrogens is 172 g/mol. The highest BCUT2D eigenvalue weighted by atomic mass is 15.1. The molecule has 0 atom stereocenters. The molecule has 3 N–H and O–H groups in total. The number of hydrogen-bond acceptors (Lipinski definition) is 2. The Labute approximate surface area is 86.5 Å². The first-order valence-electron chi connectivity index (χ1n) is 5.28. The summed E-state index contributed by atoms with van der Waals surface area (Å²) in [4.78, 5) is 0. The number of nitrogens with one attached hydrogen (secondary N) is 1. The predicted molar refractivity (Wildman–Crippen MR) is 60.8 cm³/mol. The average Bonchev–Trinajstić information content (AvgIpc) is 2.27. The van der Waals surface area contributed by atoms with E-state index in [1.54, 1.807) is 0 Å². The van der Waals surface area contributed by atoms with Crippen molar-refractivity contribution in [1.82, 2.24) is 5.32 Å². The zero-order valence-corrected chi connectivity index (χ0v) is 9.09. The summed E-state index contributed by atoms with van der Waals surface area (Å²) in [6, 6.07) is 10.3. The van der Waals surface area contributed by atoms with E-state index in [-0.39, 0.29) is 5.66 Å². The van der Waals surface area contributed by atoms with Gasteiger partial charge in [-0.3, -0.25) is 5.32 Å². The monoisotopic (exact) mass is 192 g/mol. The minimum Gasteiger partial charge on any atom is -0.313 e. The van der Waals surface area contributed by atoms with Gasteiger partial charge in [-0.25, -0.2) is 0 Å². The zero-order chi connectivity index (χ0) is 10.4. The molecular formula is C12H20N2. The van der Waals surface area contributed by atoms with Crippen LogP contribution in [0.4, 0.5) is 0 Å². The Bertz CT molecular complexity index is 252. The van der Waals surface area contributed by atoms with Crippen LogP contribution in [0.2, 0.25) is 0 Å². The Hall–Kier alpha value is -0.860. The Kier molecular flexibility index (Phi) is 4.11. The van der Waals surface area contributed by atoms with E-state index < -0.39 is 0 Å². The van der Waals surface area contributed by atoms with Crippen molar-refractivity contribution >= 4 is 0 Å². The fraction of sp³-hybridized carbons (Fsp3) is 0.500. The molecule has 2 heteroatoms. The third-order valence-electron chi connectivity index (χ3n) is 2.75. The largest absolute Gasteiger partial charge is 0.313 e. The van der Waals surface area contributed by atoms with Crippen LogP contribution in [-0.2, 0) is 6.54 Å². The Morgan fingerprint density at radius 2 is 1.71 bits per heavy atom. The molecule has 0 saturated carbocycles. The molecule has 2 nitrogen and oxygen atoms in total. The molecule has 0 aliphatic carbocycles. The molecule has 1 aromatic carbocycles. The highest BCUT2D eigenvalue weighted by molar-refractivity contribution is 5.14. The summed E-state index contributed by atoms with van der Waals surface area (Å²) >= 11 is 0. The maximum atomic E-state index is 6.13. The molecule has 1 rings (SSSR count). The Morgan fingerprint density at radius 3 is 2.21 bits per heavy atom. The van der Waals surface area contributed by atoms with Crippen molar-refractivity contribution in [3.05, 3.63) is 35.9 Å². The van der Waals surface area contributed by atoms with Gasteiger partial charge in [-0.1, -0.05) is 44.2 Å². The van der Waals surface area contributed by atoms with Crippen molar-refractivity contribution in [2.24, 2.45) is 5.73 Å². The van der Waals surface area contributed by atoms with Crippen LogP contribution in [0.3, 0.4) is 0 Å². The molecule has 0 bridgehead atoms. The number of nitrogens with two attached hydrogens (primary N) is 1. The molecule has 0 unspecified atom stereocenters. The minimum atomic E-state index is -0.212. The molecule has 0 aromatic heterocycles. The van der Waals surface area contributed by atoms with Crippen molar-refractivity contribution in [2.45, 2.75) is 38.9 Å². The van der Waals surface area contributed by atoms with Crippen LogP contribution in [-0.4, -0.2) is 5.66 Å². The summed E-state index contributed by atoms with van der Waals surface area (Å²) in [5, 5.41) is 3.39. The van der Waals surface area contributed by atoms with E-state index in [1.165, 1.54) is 5.56 Å². The molecule has 0 heterocycles. The maximum Gasteiger partial charge on any atom is 0.0659 e. The second-order valence-electron chi connectivity index (χ2n) is 3.70. The SMILES string of the molecule is CCC(N)(CC)NCc1ccccc1. The van der Waals surface area contributed by atoms with Crippen molar-refractivity contribution in [3.8, 4) is 0 Å². The van der Waals surface area contributed by atoms with Gasteiger partial charge in [0.2, 0.25) is 0 Å². The highest BCUT2D eigenvalue weighted by Gasteiger charge is 2.18. The molecule has 0 amide bonds. The summed E-state index contributed by atoms with van der Waals surface area (Å²) in [7, 11) is 0. The van der Waals surface area contributed by atoms with Gasteiger partial charge in [0.15, 0.2) is 0 Å². The van der Waals surface area contributed by atoms with Gasteiger partial charge in [0.1, 0.15) is 0 Å². The number of rotatable bonds is 5. The van der Waals surface area contributed by atoms with Crippen LogP contribution in [0.1, 0.15) is 32.3 Å². The summed E-state index contributed by atoms with van der Waals surface area (Å²) in [5.41, 5.74) is 7.20. The van der Waals surface area contributed by atoms with E-state index in [1.807, 2.05) is 18.2 Å². The lowest BCUT2D eigenvalue weighted by Crippen LogP contribution is -2.51. The van der Waals surface area contributed by atoms with Crippen molar-refractivity contribution in [1.29, 1.82) is 0 Å². The van der Waals surface area contributed by atoms with Gasteiger partial charge in [-0.05, 0) is 18.4 Å². The van der Waals surface area contributed by atoms with Gasteiger partial charge in [0.25, 0.3) is 0 Å². The fourth-order valence-electron chi connectivity index (χ4n) is 1.37. The molecule has 0 aliphatic rings. The van der Waals surface area contributed by atoms with Crippen LogP contribution >= 0.6 is 0 Å². The van der Waals surface area contributed by atoms with Crippen LogP contribution in [0.15, 0.2) is 30.3 Å². The van der Waals surface area contributed by atoms with Gasteiger partial charge in [-0.15, -0.1) is 0 Å². The van der Waals surface area contributed by atoms with Crippen LogP contribution < -0.4 is 11.1 Å². The van der Waals surface area contributed by atoms with Crippen LogP contribution in [0.5, 0.6) is 0 Å². The van der Waals surface area contributed by atoms with E-state index in [2.05, 4.69) is 31.3 Å². The molecule has 0 spiro atoms. The molecule has 0 fully saturated rings. The Morgan fingerprint density at radius 1 is 1.14 bits per heavy atom. The minimum absolute atomic E-state index is 0.212. The molecule has 1 aromatic rings. The first-order valence-corrected chi connectivity index (χ1v) is 5.28. The molecule has 14 heavy (non-hydrogen) atoms. The quantitative estimate of drug-likeness (QED) is 0.702. The lowest BCUT2D eigenvalue weighted by molar-refractivity contribution is 0.309. The second-order valence-corrected chi connectivity index (χ2v) is 3.70. The van der Waals surface area contributed by atoms with Crippen molar-refractivity contribution < 1.29 is 0 Å². The van der Waals surface area contributed by atoms with Gasteiger partial charge < -0.3 is 5.73 Å². The van der Waals surface area contributed by atoms with Gasteiger partial charge in [0.05, 0.1) is 5.66 Å². The van der Waals surface area contributed by atoms with Gasteiger partial charge >= 0.3 is 0 Å². The normalized spacial score (nSPS) is 11.6. The average molecular weight is 192 g/mol. The van der Waals surface area contributed by atoms with Crippen LogP contribution in [0.25, 0.3) is 0 Å². The maximum absolute atomic E-state index is 6.13. The van der Waals surface area contributed by atoms with Crippen LogP contribution in [0, 0.1) is 0 Å². The van der Waals surface area contributed by atoms with E-state index in [0.29, 0.717) is 0 Å². The number of hydrogen-bond donors (Lipinski definition) is 2. The van der Waals surface area contributed by atoms with Gasteiger partial charge in [0, 0.05) is 6.54 Å². The van der Waals surface area contributed by atoms with E-state index >= 15 is 0 Å². The third-order valence-corrected chi connectivity index (χ3v) is 2.75. The second kappa shape index (κ2) is 5.13. The summed E-state index contributed by atoms with van der Waals surface area (Å²) < 4.78 is 0. The Balaban J connectivity index is 2.48. The van der Waals surface area contributed by atoms with Crippen molar-refractivity contribution in [3.63, 3.8) is 0 Å². The topological polar surface area (TPSA) is 38.0 Å². The lowest BCUT2D eigenvalue weighted by atomic mass is 10.0. The smallest absolute Gasteiger partial charge is 0.0659 e. The summed E-state index contributed by atoms with van der Waals surface area (Å²) in [6.07, 6.45) is 1.91. The number of benzene rings is 1. The summed E-state index contributed by atoms with van der Waals surface area (Å²) in [6.45, 7) is 5.07. The molecule has 0 aliphatic heterocycles. The summed E-state index contributed by atoms with van der Waals surface area (Å²) in [5.74, 6) is 0. The zero-order valence-electron chi connectivity index (χ0n) is 9.09. The van der Waals surface area contributed by atoms with Gasteiger partial charge in [-0.2, -0.15) is 0 Å². The van der Waals surface area contributed by atoms with E-state index in [0.717, 1.165) is 19.4 Å². The van der Waals surface area contributed by atoms with E-state index in [9.17, 15) is 0 Å². The fourth-order valence-corrected chi connectivity index (χ4v) is 1.37. The lowest BCUT2D eigenvalue weighted by Gasteiger charge is -2.28. The standard InChI is InChI=1S/C12H20N2/c1-3-12(13,4-2)14-10-11-8-6-5-7-9-11/h5-9,14H,3-4,10,13H2,1-2H3. The van der Waals surface area contributed by atoms with Crippen molar-refractivity contribution in [2.75, 3.05) is 0 Å². The van der Waals surface area contributed by atoms with E-state index in [4.69, 9.17) is 5.73 Å².